The molecule has 0 radical (unpaired) electrons. The number of likely N-dealkylation sites (tertiary alicyclic amines) is 1. The molecule has 1 aromatic rings. The maximum atomic E-state index is 12.7. The fourth-order valence-corrected chi connectivity index (χ4v) is 3.62. The first-order chi connectivity index (χ1) is 13.0. The number of anilines is 1. The van der Waals surface area contributed by atoms with Gasteiger partial charge in [0, 0.05) is 32.4 Å². The van der Waals surface area contributed by atoms with Crippen LogP contribution in [0.3, 0.4) is 0 Å². The van der Waals surface area contributed by atoms with E-state index in [1.165, 1.54) is 4.90 Å². The topological polar surface area (TPSA) is 82.2 Å². The van der Waals surface area contributed by atoms with Gasteiger partial charge in [0.2, 0.25) is 11.8 Å². The Morgan fingerprint density at radius 2 is 1.93 bits per heavy atom. The third-order valence-electron chi connectivity index (χ3n) is 5.00. The fourth-order valence-electron chi connectivity index (χ4n) is 3.62. The highest BCUT2D eigenvalue weighted by Crippen LogP contribution is 2.24. The predicted octanol–water partition coefficient (Wildman–Crippen LogP) is 1.06. The molecule has 0 saturated carbocycles. The normalized spacial score (nSPS) is 19.6. The Morgan fingerprint density at radius 1 is 1.19 bits per heavy atom. The molecule has 2 fully saturated rings. The van der Waals surface area contributed by atoms with Crippen molar-refractivity contribution in [1.29, 1.82) is 0 Å². The van der Waals surface area contributed by atoms with Crippen molar-refractivity contribution in [3.8, 4) is 5.75 Å². The highest BCUT2D eigenvalue weighted by molar-refractivity contribution is 5.97. The number of hydrogen-bond acceptors (Lipinski definition) is 4. The molecule has 3 rings (SSSR count). The summed E-state index contributed by atoms with van der Waals surface area (Å²) < 4.78 is 5.42. The maximum Gasteiger partial charge on any atom is 0.325 e. The van der Waals surface area contributed by atoms with Crippen molar-refractivity contribution in [3.05, 3.63) is 24.3 Å². The van der Waals surface area contributed by atoms with E-state index in [0.29, 0.717) is 32.7 Å². The Bertz CT molecular complexity index is 706. The van der Waals surface area contributed by atoms with Crippen LogP contribution in [0.4, 0.5) is 10.5 Å². The molecule has 2 heterocycles. The van der Waals surface area contributed by atoms with Gasteiger partial charge in [0.25, 0.3) is 0 Å². The van der Waals surface area contributed by atoms with Crippen molar-refractivity contribution in [1.82, 2.24) is 15.1 Å². The molecule has 0 spiro atoms. The Morgan fingerprint density at radius 3 is 2.59 bits per heavy atom. The van der Waals surface area contributed by atoms with Crippen LogP contribution in [-0.2, 0) is 9.59 Å². The van der Waals surface area contributed by atoms with Gasteiger partial charge in [-0.25, -0.2) is 4.79 Å². The molecule has 1 unspecified atom stereocenters. The molecular weight excluding hydrogens is 348 g/mol. The molecule has 2 saturated heterocycles. The summed E-state index contributed by atoms with van der Waals surface area (Å²) in [6.07, 6.45) is 1.47. The van der Waals surface area contributed by atoms with Crippen molar-refractivity contribution in [3.63, 3.8) is 0 Å². The number of carbonyl (C=O) groups excluding carboxylic acids is 3. The average Bonchev–Trinajstić information content (AvgIpc) is 3.30. The Hall–Kier alpha value is -2.77. The van der Waals surface area contributed by atoms with Crippen LogP contribution in [0, 0.1) is 0 Å². The third kappa shape index (κ3) is 3.99. The third-order valence-corrected chi connectivity index (χ3v) is 5.00. The van der Waals surface area contributed by atoms with Crippen LogP contribution in [0.5, 0.6) is 5.75 Å². The number of urea groups is 1. The van der Waals surface area contributed by atoms with Crippen LogP contribution in [0.1, 0.15) is 19.8 Å². The van der Waals surface area contributed by atoms with Gasteiger partial charge in [0.05, 0.1) is 6.61 Å². The van der Waals surface area contributed by atoms with Crippen molar-refractivity contribution in [2.45, 2.75) is 25.8 Å². The standard InChI is InChI=1S/C19H26N4O4/c1-3-27-15-8-6-14(7-9-15)22-12-11-21(19(22)26)13-17(24)23-10-4-5-16(23)18(25)20-2/h6-9,16H,3-5,10-13H2,1-2H3,(H,20,25). The molecule has 27 heavy (non-hydrogen) atoms. The van der Waals surface area contributed by atoms with E-state index >= 15 is 0 Å². The van der Waals surface area contributed by atoms with Gasteiger partial charge in [-0.1, -0.05) is 0 Å². The van der Waals surface area contributed by atoms with E-state index in [2.05, 4.69) is 5.32 Å². The number of likely N-dealkylation sites (N-methyl/N-ethyl adjacent to an activating group) is 1. The summed E-state index contributed by atoms with van der Waals surface area (Å²) in [5.74, 6) is 0.432. The van der Waals surface area contributed by atoms with Gasteiger partial charge < -0.3 is 19.9 Å². The number of ether oxygens (including phenoxy) is 1. The molecule has 1 aromatic carbocycles. The van der Waals surface area contributed by atoms with Crippen LogP contribution in [0.25, 0.3) is 0 Å². The van der Waals surface area contributed by atoms with Crippen molar-refractivity contribution >= 4 is 23.5 Å². The highest BCUT2D eigenvalue weighted by Gasteiger charge is 2.37. The van der Waals surface area contributed by atoms with E-state index in [9.17, 15) is 14.4 Å². The number of amides is 4. The Kier molecular flexibility index (Phi) is 5.83. The summed E-state index contributed by atoms with van der Waals surface area (Å²) >= 11 is 0. The number of benzene rings is 1. The first-order valence-corrected chi connectivity index (χ1v) is 9.35. The minimum atomic E-state index is -0.428. The van der Waals surface area contributed by atoms with Crippen molar-refractivity contribution in [2.24, 2.45) is 0 Å². The van der Waals surface area contributed by atoms with E-state index in [4.69, 9.17) is 4.74 Å². The van der Waals surface area contributed by atoms with E-state index in [0.717, 1.165) is 17.9 Å². The monoisotopic (exact) mass is 374 g/mol. The van der Waals surface area contributed by atoms with Crippen LogP contribution >= 0.6 is 0 Å². The maximum absolute atomic E-state index is 12.7. The van der Waals surface area contributed by atoms with E-state index in [1.54, 1.807) is 16.8 Å². The molecule has 8 nitrogen and oxygen atoms in total. The van der Waals surface area contributed by atoms with Crippen LogP contribution in [0.15, 0.2) is 24.3 Å². The minimum absolute atomic E-state index is 0.000142. The summed E-state index contributed by atoms with van der Waals surface area (Å²) in [7, 11) is 1.57. The first kappa shape index (κ1) is 19.0. The lowest BCUT2D eigenvalue weighted by molar-refractivity contribution is -0.138. The van der Waals surface area contributed by atoms with Gasteiger partial charge in [-0.15, -0.1) is 0 Å². The highest BCUT2D eigenvalue weighted by atomic mass is 16.5. The average molecular weight is 374 g/mol. The number of nitrogens with zero attached hydrogens (tertiary/aromatic N) is 3. The number of carbonyl (C=O) groups is 3. The van der Waals surface area contributed by atoms with Gasteiger partial charge in [-0.3, -0.25) is 14.5 Å². The quantitative estimate of drug-likeness (QED) is 0.807. The second kappa shape index (κ2) is 8.28. The van der Waals surface area contributed by atoms with Gasteiger partial charge >= 0.3 is 6.03 Å². The van der Waals surface area contributed by atoms with Gasteiger partial charge in [0.1, 0.15) is 18.3 Å². The Balaban J connectivity index is 1.61. The summed E-state index contributed by atoms with van der Waals surface area (Å²) in [5, 5.41) is 2.60. The summed E-state index contributed by atoms with van der Waals surface area (Å²) in [6.45, 7) is 4.07. The number of nitrogens with one attached hydrogen (secondary N) is 1. The van der Waals surface area contributed by atoms with E-state index in [-0.39, 0.29) is 24.4 Å². The zero-order valence-electron chi connectivity index (χ0n) is 15.8. The smallest absolute Gasteiger partial charge is 0.325 e. The molecular formula is C19H26N4O4. The lowest BCUT2D eigenvalue weighted by Gasteiger charge is -2.26. The molecule has 2 aliphatic heterocycles. The zero-order chi connectivity index (χ0) is 19.4. The minimum Gasteiger partial charge on any atom is -0.494 e. The van der Waals surface area contributed by atoms with Gasteiger partial charge in [-0.2, -0.15) is 0 Å². The molecule has 1 atom stereocenters. The van der Waals surface area contributed by atoms with Crippen molar-refractivity contribution < 1.29 is 19.1 Å². The molecule has 0 aromatic heterocycles. The SMILES string of the molecule is CCOc1ccc(N2CCN(CC(=O)N3CCCC3C(=O)NC)C2=O)cc1. The molecule has 0 bridgehead atoms. The van der Waals surface area contributed by atoms with E-state index < -0.39 is 6.04 Å². The molecule has 4 amide bonds. The van der Waals surface area contributed by atoms with Crippen molar-refractivity contribution in [2.75, 3.05) is 44.7 Å². The molecule has 146 valence electrons. The van der Waals surface area contributed by atoms with Gasteiger partial charge in [0.15, 0.2) is 0 Å². The summed E-state index contributed by atoms with van der Waals surface area (Å²) in [4.78, 5) is 42.1. The molecule has 8 heteroatoms. The largest absolute Gasteiger partial charge is 0.494 e. The lowest BCUT2D eigenvalue weighted by atomic mass is 10.2. The van der Waals surface area contributed by atoms with Crippen LogP contribution in [0.2, 0.25) is 0 Å². The second-order valence-corrected chi connectivity index (χ2v) is 6.64. The van der Waals surface area contributed by atoms with Crippen LogP contribution < -0.4 is 15.0 Å². The zero-order valence-corrected chi connectivity index (χ0v) is 15.8. The summed E-state index contributed by atoms with van der Waals surface area (Å²) in [6, 6.07) is 6.73. The number of hydrogen-bond donors (Lipinski definition) is 1. The fraction of sp³-hybridized carbons (Fsp3) is 0.526. The van der Waals surface area contributed by atoms with Crippen LogP contribution in [-0.4, -0.2) is 73.5 Å². The van der Waals surface area contributed by atoms with Gasteiger partial charge in [-0.05, 0) is 44.0 Å². The molecule has 2 aliphatic rings. The number of rotatable bonds is 6. The second-order valence-electron chi connectivity index (χ2n) is 6.64. The predicted molar refractivity (Wildman–Crippen MR) is 101 cm³/mol. The molecule has 1 N–H and O–H groups in total. The first-order valence-electron chi connectivity index (χ1n) is 9.35. The summed E-state index contributed by atoms with van der Waals surface area (Å²) in [5.41, 5.74) is 0.780. The lowest BCUT2D eigenvalue weighted by Crippen LogP contribution is -2.48. The molecule has 0 aliphatic carbocycles. The Labute approximate surface area is 159 Å². The van der Waals surface area contributed by atoms with E-state index in [1.807, 2.05) is 31.2 Å².